The third kappa shape index (κ3) is 3.59. The topological polar surface area (TPSA) is 54.0 Å². The van der Waals surface area contributed by atoms with Gasteiger partial charge in [0.25, 0.3) is 0 Å². The van der Waals surface area contributed by atoms with Crippen molar-refractivity contribution < 1.29 is 4.79 Å². The Kier molecular flexibility index (Phi) is 3.91. The van der Waals surface area contributed by atoms with Crippen LogP contribution in [0.2, 0.25) is 0 Å². The van der Waals surface area contributed by atoms with Gasteiger partial charge in [-0.15, -0.1) is 0 Å². The molecule has 4 nitrogen and oxygen atoms in total. The van der Waals surface area contributed by atoms with Crippen LogP contribution < -0.4 is 10.6 Å². The van der Waals surface area contributed by atoms with Crippen LogP contribution in [-0.2, 0) is 6.54 Å². The Labute approximate surface area is 106 Å². The zero-order valence-electron chi connectivity index (χ0n) is 10.2. The van der Waals surface area contributed by atoms with Crippen LogP contribution in [0.3, 0.4) is 0 Å². The summed E-state index contributed by atoms with van der Waals surface area (Å²) in [7, 11) is 0. The molecule has 0 radical (unpaired) electrons. The van der Waals surface area contributed by atoms with Gasteiger partial charge in [0.2, 0.25) is 0 Å². The lowest BCUT2D eigenvalue weighted by atomic mass is 10.1. The molecule has 1 aromatic carbocycles. The number of nitrogens with zero attached hydrogens (tertiary/aromatic N) is 1. The predicted octanol–water partition coefficient (Wildman–Crippen LogP) is 2.71. The molecule has 2 N–H and O–H groups in total. The number of hydrogen-bond acceptors (Lipinski definition) is 2. The highest BCUT2D eigenvalue weighted by Gasteiger charge is 2.01. The summed E-state index contributed by atoms with van der Waals surface area (Å²) in [5.74, 6) is 0.541. The lowest BCUT2D eigenvalue weighted by molar-refractivity contribution is 0.251. The summed E-state index contributed by atoms with van der Waals surface area (Å²) in [6.45, 7) is 2.53. The Balaban J connectivity index is 1.83. The molecule has 0 saturated carbocycles. The van der Waals surface area contributed by atoms with E-state index in [1.54, 1.807) is 18.3 Å². The van der Waals surface area contributed by atoms with Crippen molar-refractivity contribution in [3.8, 4) is 0 Å². The maximum atomic E-state index is 11.6. The molecule has 2 rings (SSSR count). The maximum Gasteiger partial charge on any atom is 0.320 e. The Morgan fingerprint density at radius 3 is 2.61 bits per heavy atom. The molecule has 4 heteroatoms. The first-order chi connectivity index (χ1) is 8.74. The fourth-order valence-electron chi connectivity index (χ4n) is 1.49. The summed E-state index contributed by atoms with van der Waals surface area (Å²) in [6.07, 6.45) is 1.63. The second-order valence-electron chi connectivity index (χ2n) is 4.01. The molecular formula is C14H15N3O. The summed E-state index contributed by atoms with van der Waals surface area (Å²) in [5, 5.41) is 5.44. The molecule has 0 spiro atoms. The van der Waals surface area contributed by atoms with Crippen LogP contribution in [0.1, 0.15) is 11.1 Å². The number of aryl methyl sites for hydroxylation is 1. The zero-order valence-corrected chi connectivity index (χ0v) is 10.2. The van der Waals surface area contributed by atoms with Crippen molar-refractivity contribution in [2.24, 2.45) is 0 Å². The van der Waals surface area contributed by atoms with Gasteiger partial charge in [-0.1, -0.05) is 35.9 Å². The molecule has 0 aliphatic carbocycles. The van der Waals surface area contributed by atoms with Crippen molar-refractivity contribution >= 4 is 11.8 Å². The van der Waals surface area contributed by atoms with E-state index in [1.165, 1.54) is 5.56 Å². The smallest absolute Gasteiger partial charge is 0.320 e. The van der Waals surface area contributed by atoms with Crippen molar-refractivity contribution in [2.75, 3.05) is 5.32 Å². The van der Waals surface area contributed by atoms with Crippen molar-refractivity contribution in [1.82, 2.24) is 10.3 Å². The molecule has 2 amide bonds. The molecule has 0 fully saturated rings. The van der Waals surface area contributed by atoms with E-state index in [4.69, 9.17) is 0 Å². The lowest BCUT2D eigenvalue weighted by Gasteiger charge is -2.07. The maximum absolute atomic E-state index is 11.6. The molecule has 92 valence electrons. The van der Waals surface area contributed by atoms with Gasteiger partial charge in [-0.25, -0.2) is 9.78 Å². The average Bonchev–Trinajstić information content (AvgIpc) is 2.39. The number of urea groups is 1. The van der Waals surface area contributed by atoms with Gasteiger partial charge in [-0.05, 0) is 24.6 Å². The van der Waals surface area contributed by atoms with Gasteiger partial charge in [-0.2, -0.15) is 0 Å². The fourth-order valence-corrected chi connectivity index (χ4v) is 1.49. The van der Waals surface area contributed by atoms with Gasteiger partial charge in [0.15, 0.2) is 0 Å². The third-order valence-electron chi connectivity index (χ3n) is 2.48. The molecule has 1 heterocycles. The molecular weight excluding hydrogens is 226 g/mol. The average molecular weight is 241 g/mol. The number of carbonyl (C=O) groups is 1. The Morgan fingerprint density at radius 1 is 1.17 bits per heavy atom. The summed E-state index contributed by atoms with van der Waals surface area (Å²) in [5.41, 5.74) is 2.27. The van der Waals surface area contributed by atoms with Gasteiger partial charge in [0.05, 0.1) is 0 Å². The minimum absolute atomic E-state index is 0.255. The van der Waals surface area contributed by atoms with Crippen molar-refractivity contribution in [1.29, 1.82) is 0 Å². The largest absolute Gasteiger partial charge is 0.334 e. The zero-order chi connectivity index (χ0) is 12.8. The minimum atomic E-state index is -0.255. The molecule has 0 saturated heterocycles. The number of nitrogens with one attached hydrogen (secondary N) is 2. The van der Waals surface area contributed by atoms with Gasteiger partial charge in [-0.3, -0.25) is 5.32 Å². The van der Waals surface area contributed by atoms with Crippen molar-refractivity contribution in [3.05, 3.63) is 59.8 Å². The first kappa shape index (κ1) is 12.1. The fraction of sp³-hybridized carbons (Fsp3) is 0.143. The van der Waals surface area contributed by atoms with E-state index in [0.717, 1.165) is 5.56 Å². The number of aromatic nitrogens is 1. The summed E-state index contributed by atoms with van der Waals surface area (Å²) < 4.78 is 0. The van der Waals surface area contributed by atoms with E-state index >= 15 is 0 Å². The monoisotopic (exact) mass is 241 g/mol. The van der Waals surface area contributed by atoms with E-state index in [0.29, 0.717) is 12.4 Å². The van der Waals surface area contributed by atoms with Crippen LogP contribution in [0.5, 0.6) is 0 Å². The Bertz CT molecular complexity index is 508. The van der Waals surface area contributed by atoms with Gasteiger partial charge in [0.1, 0.15) is 5.82 Å². The van der Waals surface area contributed by atoms with Gasteiger partial charge < -0.3 is 5.32 Å². The first-order valence-electron chi connectivity index (χ1n) is 5.75. The molecule has 2 aromatic rings. The Hall–Kier alpha value is -2.36. The SMILES string of the molecule is Cc1ccc(CNC(=O)Nc2ccccn2)cc1. The number of rotatable bonds is 3. The second-order valence-corrected chi connectivity index (χ2v) is 4.01. The van der Waals surface area contributed by atoms with Crippen LogP contribution in [-0.4, -0.2) is 11.0 Å². The molecule has 18 heavy (non-hydrogen) atoms. The van der Waals surface area contributed by atoms with Gasteiger partial charge in [0, 0.05) is 12.7 Å². The van der Waals surface area contributed by atoms with E-state index < -0.39 is 0 Å². The molecule has 0 atom stereocenters. The highest BCUT2D eigenvalue weighted by molar-refractivity contribution is 5.88. The highest BCUT2D eigenvalue weighted by atomic mass is 16.2. The highest BCUT2D eigenvalue weighted by Crippen LogP contribution is 2.03. The van der Waals surface area contributed by atoms with Crippen LogP contribution in [0.25, 0.3) is 0 Å². The Morgan fingerprint density at radius 2 is 1.94 bits per heavy atom. The number of hydrogen-bond donors (Lipinski definition) is 2. The number of pyridine rings is 1. The van der Waals surface area contributed by atoms with E-state index in [2.05, 4.69) is 15.6 Å². The van der Waals surface area contributed by atoms with Crippen LogP contribution >= 0.6 is 0 Å². The summed E-state index contributed by atoms with van der Waals surface area (Å²) >= 11 is 0. The normalized spacial score (nSPS) is 9.83. The number of amides is 2. The quantitative estimate of drug-likeness (QED) is 0.868. The van der Waals surface area contributed by atoms with Gasteiger partial charge >= 0.3 is 6.03 Å². The van der Waals surface area contributed by atoms with E-state index in [1.807, 2.05) is 37.3 Å². The standard InChI is InChI=1S/C14H15N3O/c1-11-5-7-12(8-6-11)10-16-14(18)17-13-4-2-3-9-15-13/h2-9H,10H2,1H3,(H2,15,16,17,18). The van der Waals surface area contributed by atoms with Crippen LogP contribution in [0.15, 0.2) is 48.7 Å². The first-order valence-corrected chi connectivity index (χ1v) is 5.75. The number of benzene rings is 1. The third-order valence-corrected chi connectivity index (χ3v) is 2.48. The van der Waals surface area contributed by atoms with E-state index in [-0.39, 0.29) is 6.03 Å². The number of anilines is 1. The lowest BCUT2D eigenvalue weighted by Crippen LogP contribution is -2.28. The van der Waals surface area contributed by atoms with Crippen molar-refractivity contribution in [2.45, 2.75) is 13.5 Å². The van der Waals surface area contributed by atoms with Crippen LogP contribution in [0, 0.1) is 6.92 Å². The van der Waals surface area contributed by atoms with E-state index in [9.17, 15) is 4.79 Å². The van der Waals surface area contributed by atoms with Crippen LogP contribution in [0.4, 0.5) is 10.6 Å². The molecule has 0 bridgehead atoms. The molecule has 0 aliphatic rings. The second kappa shape index (κ2) is 5.82. The predicted molar refractivity (Wildman–Crippen MR) is 71.3 cm³/mol. The van der Waals surface area contributed by atoms with Crippen molar-refractivity contribution in [3.63, 3.8) is 0 Å². The summed E-state index contributed by atoms with van der Waals surface area (Å²) in [4.78, 5) is 15.6. The molecule has 0 unspecified atom stereocenters. The molecule has 1 aromatic heterocycles. The number of carbonyl (C=O) groups excluding carboxylic acids is 1. The summed E-state index contributed by atoms with van der Waals surface area (Å²) in [6, 6.07) is 13.1. The minimum Gasteiger partial charge on any atom is -0.334 e. The molecule has 0 aliphatic heterocycles.